The van der Waals surface area contributed by atoms with E-state index in [2.05, 4.69) is 13.5 Å². The third kappa shape index (κ3) is 3.84. The number of carbonyl (C=O) groups excluding carboxylic acids is 1. The molecule has 1 fully saturated rings. The third-order valence-electron chi connectivity index (χ3n) is 3.24. The van der Waals surface area contributed by atoms with Gasteiger partial charge in [0.1, 0.15) is 0 Å². The number of hydrogen-bond donors (Lipinski definition) is 1. The number of nitrogens with zero attached hydrogens (tertiary/aromatic N) is 2. The molecular weight excluding hydrogens is 232 g/mol. The van der Waals surface area contributed by atoms with Gasteiger partial charge in [-0.25, -0.2) is 0 Å². The maximum Gasteiger partial charge on any atom is 0.303 e. The van der Waals surface area contributed by atoms with Crippen molar-refractivity contribution in [2.24, 2.45) is 5.92 Å². The van der Waals surface area contributed by atoms with E-state index in [0.717, 1.165) is 6.54 Å². The molecule has 0 aromatic heterocycles. The van der Waals surface area contributed by atoms with Crippen LogP contribution in [0, 0.1) is 5.92 Å². The molecule has 0 aromatic carbocycles. The Bertz CT molecular complexity index is 330. The second-order valence-corrected chi connectivity index (χ2v) is 5.02. The van der Waals surface area contributed by atoms with Crippen LogP contribution in [0.25, 0.3) is 0 Å². The molecule has 1 aliphatic rings. The summed E-state index contributed by atoms with van der Waals surface area (Å²) in [5, 5.41) is 8.75. The lowest BCUT2D eigenvalue weighted by atomic mass is 10.1. The third-order valence-corrected chi connectivity index (χ3v) is 3.24. The maximum atomic E-state index is 12.3. The minimum atomic E-state index is -0.858. The molecule has 18 heavy (non-hydrogen) atoms. The summed E-state index contributed by atoms with van der Waals surface area (Å²) in [5.41, 5.74) is 0. The molecule has 0 aromatic rings. The van der Waals surface area contributed by atoms with Gasteiger partial charge in [-0.1, -0.05) is 13.0 Å². The molecule has 0 saturated carbocycles. The molecule has 0 bridgehead atoms. The molecule has 0 radical (unpaired) electrons. The van der Waals surface area contributed by atoms with Crippen molar-refractivity contribution in [3.05, 3.63) is 12.7 Å². The second-order valence-electron chi connectivity index (χ2n) is 5.02. The summed E-state index contributed by atoms with van der Waals surface area (Å²) < 4.78 is 0. The molecule has 1 N–H and O–H groups in total. The van der Waals surface area contributed by atoms with Crippen LogP contribution >= 0.6 is 0 Å². The Morgan fingerprint density at radius 1 is 1.56 bits per heavy atom. The van der Waals surface area contributed by atoms with Crippen LogP contribution in [0.15, 0.2) is 12.7 Å². The average Bonchev–Trinajstić information content (AvgIpc) is 2.36. The van der Waals surface area contributed by atoms with Crippen LogP contribution in [0.2, 0.25) is 0 Å². The van der Waals surface area contributed by atoms with Crippen LogP contribution in [-0.2, 0) is 9.59 Å². The highest BCUT2D eigenvalue weighted by atomic mass is 16.4. The van der Waals surface area contributed by atoms with E-state index in [1.54, 1.807) is 11.0 Å². The highest BCUT2D eigenvalue weighted by molar-refractivity contribution is 5.83. The van der Waals surface area contributed by atoms with Crippen LogP contribution in [-0.4, -0.2) is 59.5 Å². The van der Waals surface area contributed by atoms with Gasteiger partial charge in [-0.05, 0) is 19.4 Å². The largest absolute Gasteiger partial charge is 0.481 e. The van der Waals surface area contributed by atoms with E-state index < -0.39 is 5.97 Å². The summed E-state index contributed by atoms with van der Waals surface area (Å²) >= 11 is 0. The summed E-state index contributed by atoms with van der Waals surface area (Å²) in [6, 6.07) is -0.328. The van der Waals surface area contributed by atoms with Crippen molar-refractivity contribution in [1.82, 2.24) is 9.80 Å². The maximum absolute atomic E-state index is 12.3. The molecule has 0 aliphatic carbocycles. The van der Waals surface area contributed by atoms with Crippen molar-refractivity contribution in [2.75, 3.05) is 26.7 Å². The molecule has 2 atom stereocenters. The van der Waals surface area contributed by atoms with Gasteiger partial charge in [0, 0.05) is 26.1 Å². The standard InChI is InChI=1S/C13H22N2O3/c1-4-7-15-9-10(2)8-14(3)11(13(15)18)5-6-12(16)17/h4,10-11H,1,5-9H2,2-3H3,(H,16,17). The van der Waals surface area contributed by atoms with E-state index in [0.29, 0.717) is 25.4 Å². The molecule has 1 aliphatic heterocycles. The average molecular weight is 254 g/mol. The Morgan fingerprint density at radius 3 is 2.78 bits per heavy atom. The van der Waals surface area contributed by atoms with Crippen molar-refractivity contribution < 1.29 is 14.7 Å². The Morgan fingerprint density at radius 2 is 2.22 bits per heavy atom. The number of carbonyl (C=O) groups is 2. The normalized spacial score (nSPS) is 25.9. The van der Waals surface area contributed by atoms with Gasteiger partial charge in [0.25, 0.3) is 0 Å². The monoisotopic (exact) mass is 254 g/mol. The molecule has 0 spiro atoms. The number of rotatable bonds is 5. The predicted molar refractivity (Wildman–Crippen MR) is 69.2 cm³/mol. The number of amides is 1. The molecule has 5 nitrogen and oxygen atoms in total. The van der Waals surface area contributed by atoms with Gasteiger partial charge in [0.05, 0.1) is 6.04 Å². The van der Waals surface area contributed by atoms with Gasteiger partial charge in [-0.15, -0.1) is 6.58 Å². The van der Waals surface area contributed by atoms with Crippen molar-refractivity contribution in [2.45, 2.75) is 25.8 Å². The highest BCUT2D eigenvalue weighted by Gasteiger charge is 2.32. The zero-order valence-electron chi connectivity index (χ0n) is 11.1. The van der Waals surface area contributed by atoms with Crippen molar-refractivity contribution in [1.29, 1.82) is 0 Å². The fourth-order valence-corrected chi connectivity index (χ4v) is 2.47. The molecular formula is C13H22N2O3. The first-order valence-corrected chi connectivity index (χ1v) is 6.27. The van der Waals surface area contributed by atoms with Crippen LogP contribution in [0.5, 0.6) is 0 Å². The molecule has 1 saturated heterocycles. The number of carboxylic acids is 1. The number of aliphatic carboxylic acids is 1. The summed E-state index contributed by atoms with van der Waals surface area (Å²) in [4.78, 5) is 26.7. The topological polar surface area (TPSA) is 60.9 Å². The quantitative estimate of drug-likeness (QED) is 0.738. The van der Waals surface area contributed by atoms with E-state index in [-0.39, 0.29) is 18.4 Å². The molecule has 1 amide bonds. The zero-order chi connectivity index (χ0) is 13.7. The molecule has 2 unspecified atom stereocenters. The fraction of sp³-hybridized carbons (Fsp3) is 0.692. The Labute approximate surface area is 108 Å². The lowest BCUT2D eigenvalue weighted by Crippen LogP contribution is -2.44. The fourth-order valence-electron chi connectivity index (χ4n) is 2.47. The second kappa shape index (κ2) is 6.54. The van der Waals surface area contributed by atoms with E-state index >= 15 is 0 Å². The predicted octanol–water partition coefficient (Wildman–Crippen LogP) is 0.816. The summed E-state index contributed by atoms with van der Waals surface area (Å²) in [6.07, 6.45) is 2.10. The van der Waals surface area contributed by atoms with Crippen LogP contribution in [0.1, 0.15) is 19.8 Å². The summed E-state index contributed by atoms with van der Waals surface area (Å²) in [5.74, 6) is -0.458. The SMILES string of the molecule is C=CCN1CC(C)CN(C)C(CCC(=O)O)C1=O. The molecule has 1 heterocycles. The first-order valence-electron chi connectivity index (χ1n) is 6.27. The smallest absolute Gasteiger partial charge is 0.303 e. The minimum absolute atomic E-state index is 0.0167. The highest BCUT2D eigenvalue weighted by Crippen LogP contribution is 2.17. The zero-order valence-corrected chi connectivity index (χ0v) is 11.1. The Kier molecular flexibility index (Phi) is 5.34. The number of likely N-dealkylation sites (N-methyl/N-ethyl adjacent to an activating group) is 1. The van der Waals surface area contributed by atoms with E-state index in [1.807, 2.05) is 11.9 Å². The summed E-state index contributed by atoms with van der Waals surface area (Å²) in [6.45, 7) is 7.80. The van der Waals surface area contributed by atoms with Crippen LogP contribution < -0.4 is 0 Å². The van der Waals surface area contributed by atoms with E-state index in [4.69, 9.17) is 5.11 Å². The van der Waals surface area contributed by atoms with Gasteiger partial charge >= 0.3 is 5.97 Å². The van der Waals surface area contributed by atoms with E-state index in [1.165, 1.54) is 0 Å². The Hall–Kier alpha value is -1.36. The minimum Gasteiger partial charge on any atom is -0.481 e. The molecule has 1 rings (SSSR count). The molecule has 102 valence electrons. The van der Waals surface area contributed by atoms with E-state index in [9.17, 15) is 9.59 Å². The summed E-state index contributed by atoms with van der Waals surface area (Å²) in [7, 11) is 1.89. The van der Waals surface area contributed by atoms with Gasteiger partial charge in [0.15, 0.2) is 0 Å². The van der Waals surface area contributed by atoms with Gasteiger partial charge < -0.3 is 10.0 Å². The number of hydrogen-bond acceptors (Lipinski definition) is 3. The van der Waals surface area contributed by atoms with Gasteiger partial charge in [-0.3, -0.25) is 14.5 Å². The first-order chi connectivity index (χ1) is 8.45. The van der Waals surface area contributed by atoms with Crippen LogP contribution in [0.4, 0.5) is 0 Å². The first kappa shape index (κ1) is 14.7. The van der Waals surface area contributed by atoms with Crippen molar-refractivity contribution in [3.8, 4) is 0 Å². The van der Waals surface area contributed by atoms with Crippen molar-refractivity contribution >= 4 is 11.9 Å². The molecule has 5 heteroatoms. The van der Waals surface area contributed by atoms with Gasteiger partial charge in [0.2, 0.25) is 5.91 Å². The van der Waals surface area contributed by atoms with Gasteiger partial charge in [-0.2, -0.15) is 0 Å². The van der Waals surface area contributed by atoms with Crippen LogP contribution in [0.3, 0.4) is 0 Å². The Balaban J connectivity index is 2.79. The number of carboxylic acid groups (broad SMARTS) is 1. The lowest BCUT2D eigenvalue weighted by Gasteiger charge is -2.27. The lowest BCUT2D eigenvalue weighted by molar-refractivity contribution is -0.138. The van der Waals surface area contributed by atoms with Crippen molar-refractivity contribution in [3.63, 3.8) is 0 Å².